The van der Waals surface area contributed by atoms with E-state index in [9.17, 15) is 29.6 Å². The van der Waals surface area contributed by atoms with Crippen molar-refractivity contribution in [2.45, 2.75) is 46.6 Å². The zero-order chi connectivity index (χ0) is 24.9. The van der Waals surface area contributed by atoms with E-state index in [0.717, 1.165) is 12.1 Å². The molecule has 2 N–H and O–H groups in total. The van der Waals surface area contributed by atoms with Crippen molar-refractivity contribution in [3.8, 4) is 5.75 Å². The number of nitro benzene ring substituents is 1. The van der Waals surface area contributed by atoms with Crippen LogP contribution < -0.4 is 10.1 Å². The van der Waals surface area contributed by atoms with Gasteiger partial charge in [-0.2, -0.15) is 0 Å². The molecule has 178 valence electrons. The molecule has 1 heterocycles. The SMILES string of the molecule is CCOC(=O)COc1ccc([N+](=O)[O-])cc1C1C(C(=O)O)=C(C)NC(C)=C1C(=O)OC(C)C. The van der Waals surface area contributed by atoms with Crippen molar-refractivity contribution in [3.63, 3.8) is 0 Å². The number of nitrogens with one attached hydrogen (secondary N) is 1. The fourth-order valence-electron chi connectivity index (χ4n) is 3.48. The summed E-state index contributed by atoms with van der Waals surface area (Å²) < 4.78 is 15.7. The number of nitrogens with zero attached hydrogens (tertiary/aromatic N) is 1. The third kappa shape index (κ3) is 5.88. The lowest BCUT2D eigenvalue weighted by atomic mass is 9.80. The van der Waals surface area contributed by atoms with Crippen molar-refractivity contribution in [2.24, 2.45) is 0 Å². The summed E-state index contributed by atoms with van der Waals surface area (Å²) in [6.45, 7) is 7.60. The molecule has 0 radical (unpaired) electrons. The molecule has 0 bridgehead atoms. The summed E-state index contributed by atoms with van der Waals surface area (Å²) >= 11 is 0. The average Bonchev–Trinajstić information content (AvgIpc) is 2.70. The van der Waals surface area contributed by atoms with Crippen LogP contribution >= 0.6 is 0 Å². The molecule has 1 atom stereocenters. The van der Waals surface area contributed by atoms with Crippen LogP contribution in [-0.4, -0.2) is 47.3 Å². The summed E-state index contributed by atoms with van der Waals surface area (Å²) in [6, 6.07) is 3.54. The normalized spacial score (nSPS) is 15.8. The Kier molecular flexibility index (Phi) is 8.16. The number of hydrogen-bond donors (Lipinski definition) is 2. The molecule has 0 saturated carbocycles. The summed E-state index contributed by atoms with van der Waals surface area (Å²) in [7, 11) is 0. The second kappa shape index (κ2) is 10.6. The van der Waals surface area contributed by atoms with Gasteiger partial charge in [0.1, 0.15) is 5.75 Å². The fraction of sp³-hybridized carbons (Fsp3) is 0.409. The first-order valence-electron chi connectivity index (χ1n) is 10.2. The monoisotopic (exact) mass is 462 g/mol. The van der Waals surface area contributed by atoms with Gasteiger partial charge in [0.15, 0.2) is 6.61 Å². The van der Waals surface area contributed by atoms with E-state index >= 15 is 0 Å². The van der Waals surface area contributed by atoms with Crippen LogP contribution in [0.2, 0.25) is 0 Å². The van der Waals surface area contributed by atoms with Crippen LogP contribution in [0.25, 0.3) is 0 Å². The highest BCUT2D eigenvalue weighted by Gasteiger charge is 2.39. The van der Waals surface area contributed by atoms with Gasteiger partial charge >= 0.3 is 17.9 Å². The molecule has 0 aromatic heterocycles. The number of hydrogen-bond acceptors (Lipinski definition) is 9. The fourth-order valence-corrected chi connectivity index (χ4v) is 3.48. The Labute approximate surface area is 190 Å². The third-order valence-electron chi connectivity index (χ3n) is 4.72. The van der Waals surface area contributed by atoms with Crippen LogP contribution in [0.3, 0.4) is 0 Å². The Morgan fingerprint density at radius 1 is 1.18 bits per heavy atom. The van der Waals surface area contributed by atoms with Crippen LogP contribution in [-0.2, 0) is 23.9 Å². The Hall–Kier alpha value is -3.89. The lowest BCUT2D eigenvalue weighted by Gasteiger charge is -2.30. The number of nitro groups is 1. The minimum atomic E-state index is -1.34. The average molecular weight is 462 g/mol. The number of aliphatic carboxylic acids is 1. The highest BCUT2D eigenvalue weighted by molar-refractivity contribution is 5.99. The molecular weight excluding hydrogens is 436 g/mol. The number of benzene rings is 1. The molecule has 0 spiro atoms. The largest absolute Gasteiger partial charge is 0.482 e. The first kappa shape index (κ1) is 25.4. The zero-order valence-electron chi connectivity index (χ0n) is 19.0. The van der Waals surface area contributed by atoms with Gasteiger partial charge in [0, 0.05) is 29.1 Å². The minimum absolute atomic E-state index is 0.00486. The molecule has 2 rings (SSSR count). The van der Waals surface area contributed by atoms with Crippen molar-refractivity contribution >= 4 is 23.6 Å². The number of carbonyl (C=O) groups excluding carboxylic acids is 2. The molecule has 1 aliphatic heterocycles. The van der Waals surface area contributed by atoms with E-state index in [4.69, 9.17) is 14.2 Å². The van der Waals surface area contributed by atoms with Gasteiger partial charge in [-0.25, -0.2) is 14.4 Å². The highest BCUT2D eigenvalue weighted by Crippen LogP contribution is 2.43. The van der Waals surface area contributed by atoms with Crippen molar-refractivity contribution < 1.29 is 38.6 Å². The van der Waals surface area contributed by atoms with Gasteiger partial charge in [-0.15, -0.1) is 0 Å². The molecule has 1 aromatic rings. The smallest absolute Gasteiger partial charge is 0.344 e. The second-order valence-electron chi connectivity index (χ2n) is 7.47. The summed E-state index contributed by atoms with van der Waals surface area (Å²) in [5.41, 5.74) is 0.0151. The topological polar surface area (TPSA) is 154 Å². The number of dihydropyridines is 1. The third-order valence-corrected chi connectivity index (χ3v) is 4.72. The first-order chi connectivity index (χ1) is 15.5. The Bertz CT molecular complexity index is 1040. The van der Waals surface area contributed by atoms with Crippen LogP contribution in [0.5, 0.6) is 5.75 Å². The molecule has 0 aliphatic carbocycles. The van der Waals surface area contributed by atoms with Gasteiger partial charge in [0.2, 0.25) is 0 Å². The minimum Gasteiger partial charge on any atom is -0.482 e. The van der Waals surface area contributed by atoms with Crippen LogP contribution in [0.15, 0.2) is 40.7 Å². The Balaban J connectivity index is 2.73. The second-order valence-corrected chi connectivity index (χ2v) is 7.47. The molecule has 11 heteroatoms. The van der Waals surface area contributed by atoms with E-state index in [-0.39, 0.29) is 40.5 Å². The number of non-ortho nitro benzene ring substituents is 1. The summed E-state index contributed by atoms with van der Waals surface area (Å²) in [5, 5.41) is 24.3. The van der Waals surface area contributed by atoms with Crippen molar-refractivity contribution in [1.82, 2.24) is 5.32 Å². The van der Waals surface area contributed by atoms with Crippen LogP contribution in [0.4, 0.5) is 5.69 Å². The standard InChI is InChI=1S/C22H26N2O9/c1-6-31-17(25)10-32-16-8-7-14(24(29)30)9-15(16)20-18(21(26)27)12(4)23-13(5)19(20)22(28)33-11(2)3/h7-9,11,20,23H,6,10H2,1-5H3,(H,26,27). The molecule has 0 saturated heterocycles. The van der Waals surface area contributed by atoms with Gasteiger partial charge in [-0.05, 0) is 40.7 Å². The van der Waals surface area contributed by atoms with Gasteiger partial charge in [-0.1, -0.05) is 0 Å². The summed E-state index contributed by atoms with van der Waals surface area (Å²) in [5.74, 6) is -4.06. The molecule has 33 heavy (non-hydrogen) atoms. The number of carboxylic acid groups (broad SMARTS) is 1. The van der Waals surface area contributed by atoms with E-state index in [1.807, 2.05) is 0 Å². The van der Waals surface area contributed by atoms with Crippen molar-refractivity contribution in [2.75, 3.05) is 13.2 Å². The quantitative estimate of drug-likeness (QED) is 0.318. The predicted molar refractivity (Wildman–Crippen MR) is 115 cm³/mol. The number of esters is 2. The van der Waals surface area contributed by atoms with E-state index in [0.29, 0.717) is 5.70 Å². The Morgan fingerprint density at radius 2 is 1.82 bits per heavy atom. The van der Waals surface area contributed by atoms with E-state index in [1.54, 1.807) is 27.7 Å². The van der Waals surface area contributed by atoms with Gasteiger partial charge in [0.05, 0.1) is 34.7 Å². The number of allylic oxidation sites excluding steroid dienone is 2. The maximum absolute atomic E-state index is 13.0. The van der Waals surface area contributed by atoms with Gasteiger partial charge in [-0.3, -0.25) is 10.1 Å². The maximum Gasteiger partial charge on any atom is 0.344 e. The van der Waals surface area contributed by atoms with Crippen LogP contribution in [0, 0.1) is 10.1 Å². The lowest BCUT2D eigenvalue weighted by molar-refractivity contribution is -0.384. The summed E-state index contributed by atoms with van der Waals surface area (Å²) in [4.78, 5) is 47.8. The zero-order valence-corrected chi connectivity index (χ0v) is 19.0. The number of carboxylic acids is 1. The molecule has 11 nitrogen and oxygen atoms in total. The Morgan fingerprint density at radius 3 is 2.36 bits per heavy atom. The highest BCUT2D eigenvalue weighted by atomic mass is 16.6. The van der Waals surface area contributed by atoms with Crippen LogP contribution in [0.1, 0.15) is 46.1 Å². The van der Waals surface area contributed by atoms with Gasteiger partial charge < -0.3 is 24.6 Å². The summed E-state index contributed by atoms with van der Waals surface area (Å²) in [6.07, 6.45) is -0.497. The van der Waals surface area contributed by atoms with Gasteiger partial charge in [0.25, 0.3) is 5.69 Å². The molecule has 1 unspecified atom stereocenters. The number of ether oxygens (including phenoxy) is 3. The van der Waals surface area contributed by atoms with E-state index in [1.165, 1.54) is 13.0 Å². The number of rotatable bonds is 9. The molecule has 1 aromatic carbocycles. The van der Waals surface area contributed by atoms with E-state index < -0.39 is 41.5 Å². The van der Waals surface area contributed by atoms with E-state index in [2.05, 4.69) is 5.32 Å². The predicted octanol–water partition coefficient (Wildman–Crippen LogP) is 2.81. The molecule has 0 amide bonds. The van der Waals surface area contributed by atoms with Crippen molar-refractivity contribution in [3.05, 3.63) is 56.4 Å². The molecule has 1 aliphatic rings. The lowest BCUT2D eigenvalue weighted by Crippen LogP contribution is -2.32. The van der Waals surface area contributed by atoms with Crippen molar-refractivity contribution in [1.29, 1.82) is 0 Å². The first-order valence-corrected chi connectivity index (χ1v) is 10.2. The number of carbonyl (C=O) groups is 3. The molecule has 0 fully saturated rings. The molecular formula is C22H26N2O9. The maximum atomic E-state index is 13.0.